The lowest BCUT2D eigenvalue weighted by atomic mass is 9.86. The zero-order chi connectivity index (χ0) is 29.5. The van der Waals surface area contributed by atoms with Crippen molar-refractivity contribution >= 4 is 23.4 Å². The third kappa shape index (κ3) is 11.4. The first kappa shape index (κ1) is 33.1. The lowest BCUT2D eigenvalue weighted by Crippen LogP contribution is -2.20. The summed E-state index contributed by atoms with van der Waals surface area (Å²) in [5, 5.41) is 3.21. The summed E-state index contributed by atoms with van der Waals surface area (Å²) in [6.07, 6.45) is 18.0. The fourth-order valence-electron chi connectivity index (χ4n) is 5.39. The van der Waals surface area contributed by atoms with Gasteiger partial charge in [-0.05, 0) is 41.4 Å². The molecular formula is C36H54N2O2S. The van der Waals surface area contributed by atoms with Crippen LogP contribution in [0.25, 0.3) is 0 Å². The van der Waals surface area contributed by atoms with E-state index in [0.717, 1.165) is 41.4 Å². The number of benzene rings is 2. The van der Waals surface area contributed by atoms with Crippen LogP contribution in [0.4, 0.5) is 5.69 Å². The molecule has 1 amide bonds. The highest BCUT2D eigenvalue weighted by Gasteiger charge is 2.23. The Morgan fingerprint density at radius 1 is 0.878 bits per heavy atom. The highest BCUT2D eigenvalue weighted by atomic mass is 32.2. The number of hydrogen-bond donors (Lipinski definition) is 1. The van der Waals surface area contributed by atoms with Crippen molar-refractivity contribution in [3.63, 3.8) is 0 Å². The minimum Gasteiger partial charge on any atom is -0.491 e. The van der Waals surface area contributed by atoms with Gasteiger partial charge in [-0.1, -0.05) is 129 Å². The van der Waals surface area contributed by atoms with Crippen LogP contribution in [0.2, 0.25) is 0 Å². The normalized spacial score (nSPS) is 13.4. The minimum absolute atomic E-state index is 0.0885. The van der Waals surface area contributed by atoms with Gasteiger partial charge >= 0.3 is 0 Å². The van der Waals surface area contributed by atoms with Gasteiger partial charge in [0.25, 0.3) is 5.91 Å². The van der Waals surface area contributed by atoms with Gasteiger partial charge in [-0.15, -0.1) is 11.8 Å². The van der Waals surface area contributed by atoms with Gasteiger partial charge in [0.05, 0.1) is 18.2 Å². The predicted octanol–water partition coefficient (Wildman–Crippen LogP) is 10.7. The summed E-state index contributed by atoms with van der Waals surface area (Å²) in [6, 6.07) is 14.0. The number of amides is 1. The maximum absolute atomic E-state index is 13.6. The van der Waals surface area contributed by atoms with Crippen molar-refractivity contribution in [2.75, 3.05) is 17.8 Å². The molecular weight excluding hydrogens is 524 g/mol. The Balaban J connectivity index is 1.53. The number of anilines is 1. The SMILES string of the molecule is CCCCCCCCCCCCCCOc1c(NC(=O)c2ccccc2CN2C=C(C)SC2)cccc1C(C)(C)C. The van der Waals surface area contributed by atoms with E-state index in [1.54, 1.807) is 0 Å². The number of thioether (sulfide) groups is 1. The van der Waals surface area contributed by atoms with Gasteiger partial charge in [0, 0.05) is 23.9 Å². The zero-order valence-corrected chi connectivity index (χ0v) is 27.2. The molecule has 3 rings (SSSR count). The standard InChI is InChI=1S/C36H54N2O2S/c1-6-7-8-9-10-11-12-13-14-15-16-19-25-40-34-32(36(3,4)5)23-20-24-33(34)37-35(39)31-22-18-17-21-30(31)27-38-26-29(2)41-28-38/h17-18,20-24,26H,6-16,19,25,27-28H2,1-5H3,(H,37,39). The van der Waals surface area contributed by atoms with Gasteiger partial charge in [0.15, 0.2) is 0 Å². The number of carbonyl (C=O) groups excluding carboxylic acids is 1. The summed E-state index contributed by atoms with van der Waals surface area (Å²) in [5.74, 6) is 1.64. The van der Waals surface area contributed by atoms with E-state index in [1.807, 2.05) is 42.1 Å². The minimum atomic E-state index is -0.0951. The molecule has 2 aromatic carbocycles. The molecule has 2 aromatic rings. The second kappa shape index (κ2) is 17.5. The largest absolute Gasteiger partial charge is 0.491 e. The Labute approximate surface area is 254 Å². The predicted molar refractivity (Wildman–Crippen MR) is 178 cm³/mol. The second-order valence-corrected chi connectivity index (χ2v) is 13.7. The van der Waals surface area contributed by atoms with E-state index in [-0.39, 0.29) is 11.3 Å². The number of hydrogen-bond acceptors (Lipinski definition) is 4. The summed E-state index contributed by atoms with van der Waals surface area (Å²) in [6.45, 7) is 12.4. The maximum Gasteiger partial charge on any atom is 0.256 e. The molecule has 226 valence electrons. The van der Waals surface area contributed by atoms with E-state index in [1.165, 1.54) is 75.5 Å². The quantitative estimate of drug-likeness (QED) is 0.179. The number of carbonyl (C=O) groups is 1. The monoisotopic (exact) mass is 578 g/mol. The highest BCUT2D eigenvalue weighted by molar-refractivity contribution is 8.03. The molecule has 1 aliphatic heterocycles. The molecule has 1 heterocycles. The molecule has 0 fully saturated rings. The molecule has 5 heteroatoms. The van der Waals surface area contributed by atoms with Crippen LogP contribution in [0.5, 0.6) is 5.75 Å². The number of nitrogens with zero attached hydrogens (tertiary/aromatic N) is 1. The van der Waals surface area contributed by atoms with Crippen molar-refractivity contribution in [2.45, 2.75) is 124 Å². The summed E-state index contributed by atoms with van der Waals surface area (Å²) in [7, 11) is 0. The van der Waals surface area contributed by atoms with Crippen LogP contribution < -0.4 is 10.1 Å². The van der Waals surface area contributed by atoms with Gasteiger partial charge in [0.1, 0.15) is 5.75 Å². The molecule has 0 spiro atoms. The number of rotatable bonds is 18. The van der Waals surface area contributed by atoms with Crippen LogP contribution in [0.3, 0.4) is 0 Å². The Kier molecular flexibility index (Phi) is 14.2. The van der Waals surface area contributed by atoms with Gasteiger partial charge < -0.3 is 15.0 Å². The van der Waals surface area contributed by atoms with Gasteiger partial charge in [-0.25, -0.2) is 0 Å². The van der Waals surface area contributed by atoms with E-state index in [0.29, 0.717) is 12.2 Å². The Hall–Kier alpha value is -2.40. The van der Waals surface area contributed by atoms with Gasteiger partial charge in [-0.2, -0.15) is 0 Å². The van der Waals surface area contributed by atoms with Crippen LogP contribution >= 0.6 is 11.8 Å². The Bertz CT molecular complexity index is 1100. The third-order valence-corrected chi connectivity index (χ3v) is 8.79. The van der Waals surface area contributed by atoms with Gasteiger partial charge in [0.2, 0.25) is 0 Å². The average Bonchev–Trinajstić information content (AvgIpc) is 3.35. The average molecular weight is 579 g/mol. The van der Waals surface area contributed by atoms with Crippen molar-refractivity contribution in [1.29, 1.82) is 0 Å². The molecule has 1 aliphatic rings. The first-order valence-electron chi connectivity index (χ1n) is 16.0. The fraction of sp³-hybridized carbons (Fsp3) is 0.583. The van der Waals surface area contributed by atoms with Crippen LogP contribution in [0, 0.1) is 0 Å². The third-order valence-electron chi connectivity index (χ3n) is 7.77. The molecule has 0 saturated carbocycles. The number of para-hydroxylation sites is 1. The topological polar surface area (TPSA) is 41.6 Å². The Morgan fingerprint density at radius 2 is 1.51 bits per heavy atom. The van der Waals surface area contributed by atoms with Crippen LogP contribution in [0.1, 0.15) is 133 Å². The van der Waals surface area contributed by atoms with E-state index < -0.39 is 0 Å². The first-order valence-corrected chi connectivity index (χ1v) is 17.0. The smallest absolute Gasteiger partial charge is 0.256 e. The zero-order valence-electron chi connectivity index (χ0n) is 26.4. The summed E-state index contributed by atoms with van der Waals surface area (Å²) >= 11 is 1.84. The summed E-state index contributed by atoms with van der Waals surface area (Å²) < 4.78 is 6.44. The van der Waals surface area contributed by atoms with Crippen LogP contribution in [-0.4, -0.2) is 23.3 Å². The maximum atomic E-state index is 13.6. The first-order chi connectivity index (χ1) is 19.8. The molecule has 4 nitrogen and oxygen atoms in total. The molecule has 0 radical (unpaired) electrons. The van der Waals surface area contributed by atoms with Crippen LogP contribution in [-0.2, 0) is 12.0 Å². The molecule has 0 aromatic heterocycles. The number of nitrogens with one attached hydrogen (secondary N) is 1. The molecule has 41 heavy (non-hydrogen) atoms. The summed E-state index contributed by atoms with van der Waals surface area (Å²) in [4.78, 5) is 17.1. The number of ether oxygens (including phenoxy) is 1. The molecule has 1 N–H and O–H groups in total. The van der Waals surface area contributed by atoms with Crippen molar-refractivity contribution in [3.8, 4) is 5.75 Å². The molecule has 0 unspecified atom stereocenters. The van der Waals surface area contributed by atoms with Gasteiger partial charge in [-0.3, -0.25) is 4.79 Å². The van der Waals surface area contributed by atoms with Crippen molar-refractivity contribution < 1.29 is 9.53 Å². The lowest BCUT2D eigenvalue weighted by Gasteiger charge is -2.25. The Morgan fingerprint density at radius 3 is 2.12 bits per heavy atom. The van der Waals surface area contributed by atoms with E-state index in [2.05, 4.69) is 63.2 Å². The second-order valence-electron chi connectivity index (χ2n) is 12.5. The van der Waals surface area contributed by atoms with Crippen molar-refractivity contribution in [1.82, 2.24) is 4.90 Å². The van der Waals surface area contributed by atoms with E-state index in [9.17, 15) is 4.79 Å². The van der Waals surface area contributed by atoms with E-state index >= 15 is 0 Å². The molecule has 0 aliphatic carbocycles. The summed E-state index contributed by atoms with van der Waals surface area (Å²) in [5.41, 5.74) is 3.52. The number of unbranched alkanes of at least 4 members (excludes halogenated alkanes) is 11. The molecule has 0 saturated heterocycles. The van der Waals surface area contributed by atoms with Crippen molar-refractivity contribution in [2.24, 2.45) is 0 Å². The molecule has 0 bridgehead atoms. The molecule has 0 atom stereocenters. The van der Waals surface area contributed by atoms with Crippen molar-refractivity contribution in [3.05, 3.63) is 70.3 Å². The fourth-order valence-corrected chi connectivity index (χ4v) is 6.15. The van der Waals surface area contributed by atoms with E-state index in [4.69, 9.17) is 4.74 Å². The number of allylic oxidation sites excluding steroid dienone is 1. The highest BCUT2D eigenvalue weighted by Crippen LogP contribution is 2.38. The van der Waals surface area contributed by atoms with Crippen LogP contribution in [0.15, 0.2) is 53.6 Å². The lowest BCUT2D eigenvalue weighted by molar-refractivity contribution is 0.102.